The molecule has 1 aromatic heterocycles. The summed E-state index contributed by atoms with van der Waals surface area (Å²) in [5.41, 5.74) is 0.992. The van der Waals surface area contributed by atoms with Crippen molar-refractivity contribution >= 4 is 11.3 Å². The summed E-state index contributed by atoms with van der Waals surface area (Å²) in [6.45, 7) is 10.5. The molecule has 76 valence electrons. The Bertz CT molecular complexity index is 364. The van der Waals surface area contributed by atoms with E-state index in [4.69, 9.17) is 5.26 Å². The molecule has 0 atom stereocenters. The maximum Gasteiger partial charge on any atom is 0.128 e. The largest absolute Gasteiger partial charge is 0.244 e. The third-order valence-electron chi connectivity index (χ3n) is 1.94. The van der Waals surface area contributed by atoms with Gasteiger partial charge in [-0.1, -0.05) is 34.6 Å². The van der Waals surface area contributed by atoms with E-state index in [0.717, 1.165) is 15.6 Å². The highest BCUT2D eigenvalue weighted by molar-refractivity contribution is 7.12. The van der Waals surface area contributed by atoms with E-state index in [-0.39, 0.29) is 5.41 Å². The molecule has 0 aliphatic heterocycles. The Hall–Kier alpha value is -0.880. The van der Waals surface area contributed by atoms with Crippen LogP contribution in [0.5, 0.6) is 0 Å². The molecule has 3 heteroatoms. The number of nitriles is 1. The SMILES string of the molecule is CC(C)c1nc(C(C)(C)C)sc1C#N. The second-order valence-electron chi connectivity index (χ2n) is 4.75. The van der Waals surface area contributed by atoms with Gasteiger partial charge < -0.3 is 0 Å². The van der Waals surface area contributed by atoms with Crippen LogP contribution in [0.15, 0.2) is 0 Å². The number of nitrogens with zero attached hydrogens (tertiary/aromatic N) is 2. The molecule has 0 aromatic carbocycles. The van der Waals surface area contributed by atoms with Gasteiger partial charge in [0.15, 0.2) is 0 Å². The van der Waals surface area contributed by atoms with Crippen LogP contribution in [-0.2, 0) is 5.41 Å². The molecule has 0 bridgehead atoms. The minimum absolute atomic E-state index is 0.0450. The Kier molecular flexibility index (Phi) is 2.96. The molecule has 2 nitrogen and oxygen atoms in total. The molecule has 1 heterocycles. The molecule has 1 aromatic rings. The summed E-state index contributed by atoms with van der Waals surface area (Å²) in [5, 5.41) is 10.0. The highest BCUT2D eigenvalue weighted by atomic mass is 32.1. The monoisotopic (exact) mass is 208 g/mol. The molecular weight excluding hydrogens is 192 g/mol. The van der Waals surface area contributed by atoms with E-state index < -0.39 is 0 Å². The Morgan fingerprint density at radius 1 is 1.36 bits per heavy atom. The lowest BCUT2D eigenvalue weighted by Crippen LogP contribution is -2.10. The van der Waals surface area contributed by atoms with Crippen molar-refractivity contribution in [2.45, 2.75) is 46.0 Å². The van der Waals surface area contributed by atoms with Crippen LogP contribution in [0.4, 0.5) is 0 Å². The van der Waals surface area contributed by atoms with E-state index in [0.29, 0.717) is 5.92 Å². The van der Waals surface area contributed by atoms with Crippen LogP contribution >= 0.6 is 11.3 Å². The van der Waals surface area contributed by atoms with Gasteiger partial charge in [0.05, 0.1) is 10.7 Å². The Labute approximate surface area is 89.6 Å². The van der Waals surface area contributed by atoms with Crippen molar-refractivity contribution in [3.05, 3.63) is 15.6 Å². The number of hydrogen-bond acceptors (Lipinski definition) is 3. The lowest BCUT2D eigenvalue weighted by molar-refractivity contribution is 0.581. The van der Waals surface area contributed by atoms with Gasteiger partial charge in [-0.25, -0.2) is 4.98 Å². The minimum Gasteiger partial charge on any atom is -0.244 e. The normalized spacial score (nSPS) is 11.8. The van der Waals surface area contributed by atoms with E-state index in [1.807, 2.05) is 0 Å². The molecule has 1 rings (SSSR count). The van der Waals surface area contributed by atoms with Crippen LogP contribution in [-0.4, -0.2) is 4.98 Å². The maximum atomic E-state index is 8.97. The molecule has 0 aliphatic carbocycles. The van der Waals surface area contributed by atoms with Crippen LogP contribution in [0, 0.1) is 11.3 Å². The fourth-order valence-corrected chi connectivity index (χ4v) is 2.20. The lowest BCUT2D eigenvalue weighted by Gasteiger charge is -2.13. The van der Waals surface area contributed by atoms with E-state index in [2.05, 4.69) is 45.7 Å². The molecule has 0 spiro atoms. The van der Waals surface area contributed by atoms with Crippen molar-refractivity contribution in [3.8, 4) is 6.07 Å². The second kappa shape index (κ2) is 3.70. The van der Waals surface area contributed by atoms with Crippen molar-refractivity contribution in [1.82, 2.24) is 4.98 Å². The first-order valence-corrected chi connectivity index (χ1v) is 5.59. The third kappa shape index (κ3) is 2.13. The van der Waals surface area contributed by atoms with Crippen LogP contribution in [0.25, 0.3) is 0 Å². The van der Waals surface area contributed by atoms with Gasteiger partial charge in [0.1, 0.15) is 10.9 Å². The average Bonchev–Trinajstić information content (AvgIpc) is 2.45. The number of thiazole rings is 1. The van der Waals surface area contributed by atoms with Gasteiger partial charge >= 0.3 is 0 Å². The van der Waals surface area contributed by atoms with Gasteiger partial charge in [-0.2, -0.15) is 5.26 Å². The van der Waals surface area contributed by atoms with Crippen LogP contribution < -0.4 is 0 Å². The average molecular weight is 208 g/mol. The molecule has 0 aliphatic rings. The first kappa shape index (κ1) is 11.2. The summed E-state index contributed by atoms with van der Waals surface area (Å²) >= 11 is 1.52. The number of hydrogen-bond donors (Lipinski definition) is 0. The molecule has 0 saturated heterocycles. The van der Waals surface area contributed by atoms with Gasteiger partial charge in [0.2, 0.25) is 0 Å². The summed E-state index contributed by atoms with van der Waals surface area (Å²) in [4.78, 5) is 5.32. The van der Waals surface area contributed by atoms with Gasteiger partial charge in [0.25, 0.3) is 0 Å². The smallest absolute Gasteiger partial charge is 0.128 e. The van der Waals surface area contributed by atoms with Crippen LogP contribution in [0.2, 0.25) is 0 Å². The highest BCUT2D eigenvalue weighted by Crippen LogP contribution is 2.31. The van der Waals surface area contributed by atoms with Crippen molar-refractivity contribution in [2.24, 2.45) is 0 Å². The fraction of sp³-hybridized carbons (Fsp3) is 0.636. The minimum atomic E-state index is 0.0450. The molecule has 0 saturated carbocycles. The lowest BCUT2D eigenvalue weighted by atomic mass is 9.98. The predicted molar refractivity (Wildman–Crippen MR) is 59.6 cm³/mol. The molecule has 0 fully saturated rings. The van der Waals surface area contributed by atoms with Gasteiger partial charge in [0, 0.05) is 5.41 Å². The number of aromatic nitrogens is 1. The maximum absolute atomic E-state index is 8.97. The second-order valence-corrected chi connectivity index (χ2v) is 5.75. The zero-order valence-electron chi connectivity index (χ0n) is 9.38. The molecule has 0 radical (unpaired) electrons. The zero-order valence-corrected chi connectivity index (χ0v) is 10.2. The van der Waals surface area contributed by atoms with Crippen molar-refractivity contribution in [3.63, 3.8) is 0 Å². The van der Waals surface area contributed by atoms with E-state index in [1.54, 1.807) is 0 Å². The summed E-state index contributed by atoms with van der Waals surface area (Å²) < 4.78 is 0. The zero-order chi connectivity index (χ0) is 10.9. The third-order valence-corrected chi connectivity index (χ3v) is 3.34. The Morgan fingerprint density at radius 3 is 2.21 bits per heavy atom. The first-order valence-electron chi connectivity index (χ1n) is 4.77. The molecule has 0 unspecified atom stereocenters. The summed E-state index contributed by atoms with van der Waals surface area (Å²) in [5.74, 6) is 0.331. The van der Waals surface area contributed by atoms with Gasteiger partial charge in [-0.15, -0.1) is 11.3 Å². The molecule has 0 N–H and O–H groups in total. The van der Waals surface area contributed by atoms with E-state index in [9.17, 15) is 0 Å². The Balaban J connectivity index is 3.22. The molecular formula is C11H16N2S. The standard InChI is InChI=1S/C11H16N2S/c1-7(2)9-8(6-12)14-10(13-9)11(3,4)5/h7H,1-5H3. The van der Waals surface area contributed by atoms with E-state index >= 15 is 0 Å². The van der Waals surface area contributed by atoms with Crippen molar-refractivity contribution < 1.29 is 0 Å². The summed E-state index contributed by atoms with van der Waals surface area (Å²) in [6.07, 6.45) is 0. The first-order chi connectivity index (χ1) is 6.36. The van der Waals surface area contributed by atoms with Crippen molar-refractivity contribution in [1.29, 1.82) is 5.26 Å². The number of rotatable bonds is 1. The topological polar surface area (TPSA) is 36.7 Å². The van der Waals surface area contributed by atoms with Gasteiger partial charge in [-0.3, -0.25) is 0 Å². The van der Waals surface area contributed by atoms with Crippen molar-refractivity contribution in [2.75, 3.05) is 0 Å². The molecule has 14 heavy (non-hydrogen) atoms. The van der Waals surface area contributed by atoms with Crippen LogP contribution in [0.1, 0.15) is 56.1 Å². The van der Waals surface area contributed by atoms with E-state index in [1.165, 1.54) is 11.3 Å². The summed E-state index contributed by atoms with van der Waals surface area (Å²) in [6, 6.07) is 2.23. The predicted octanol–water partition coefficient (Wildman–Crippen LogP) is 3.44. The quantitative estimate of drug-likeness (QED) is 0.709. The Morgan fingerprint density at radius 2 is 1.93 bits per heavy atom. The molecule has 0 amide bonds. The van der Waals surface area contributed by atoms with Gasteiger partial charge in [-0.05, 0) is 5.92 Å². The fourth-order valence-electron chi connectivity index (χ4n) is 1.12. The van der Waals surface area contributed by atoms with Crippen LogP contribution in [0.3, 0.4) is 0 Å². The summed E-state index contributed by atoms with van der Waals surface area (Å²) in [7, 11) is 0. The highest BCUT2D eigenvalue weighted by Gasteiger charge is 2.22.